The first-order chi connectivity index (χ1) is 12.3. The Balaban J connectivity index is 1.94. The predicted molar refractivity (Wildman–Crippen MR) is 95.6 cm³/mol. The molecule has 140 valence electrons. The highest BCUT2D eigenvalue weighted by atomic mass is 35.5. The topological polar surface area (TPSA) is 82.1 Å². The van der Waals surface area contributed by atoms with Crippen molar-refractivity contribution in [1.29, 1.82) is 0 Å². The Morgan fingerprint density at radius 3 is 2.54 bits per heavy atom. The fourth-order valence-electron chi connectivity index (χ4n) is 1.96. The van der Waals surface area contributed by atoms with E-state index in [4.69, 9.17) is 25.9 Å². The van der Waals surface area contributed by atoms with Crippen molar-refractivity contribution < 1.29 is 27.5 Å². The Hall–Kier alpha value is -2.13. The first kappa shape index (κ1) is 20.2. The van der Waals surface area contributed by atoms with E-state index in [1.54, 1.807) is 24.3 Å². The second kappa shape index (κ2) is 9.00. The molecule has 0 saturated heterocycles. The van der Waals surface area contributed by atoms with E-state index in [2.05, 4.69) is 0 Å². The highest BCUT2D eigenvalue weighted by Crippen LogP contribution is 2.18. The average molecular weight is 400 g/mol. The summed E-state index contributed by atoms with van der Waals surface area (Å²) in [5.74, 6) is -0.0962. The summed E-state index contributed by atoms with van der Waals surface area (Å²) in [7, 11) is -1.36. The maximum Gasteiger partial charge on any atom is 0.338 e. The monoisotopic (exact) mass is 399 g/mol. The van der Waals surface area contributed by atoms with Crippen LogP contribution in [0.25, 0.3) is 0 Å². The Labute approximate surface area is 157 Å². The minimum Gasteiger partial charge on any atom is -0.490 e. The maximum absolute atomic E-state index is 12.2. The van der Waals surface area contributed by atoms with E-state index in [0.29, 0.717) is 15.2 Å². The number of nitrogens with zero attached hydrogens (tertiary/aromatic N) is 1. The number of halogens is 1. The first-order valence-electron chi connectivity index (χ1n) is 7.53. The summed E-state index contributed by atoms with van der Waals surface area (Å²) in [5, 5.41) is 0.540. The lowest BCUT2D eigenvalue weighted by molar-refractivity contribution is -0.0258. The molecule has 0 unspecified atom stereocenters. The third-order valence-corrected chi connectivity index (χ3v) is 5.26. The van der Waals surface area contributed by atoms with Crippen LogP contribution < -0.4 is 4.74 Å². The minimum atomic E-state index is -3.84. The van der Waals surface area contributed by atoms with Gasteiger partial charge in [-0.25, -0.2) is 13.2 Å². The Morgan fingerprint density at radius 2 is 1.85 bits per heavy atom. The molecule has 0 bridgehead atoms. The van der Waals surface area contributed by atoms with Crippen molar-refractivity contribution in [3.05, 3.63) is 59.1 Å². The number of hydrogen-bond donors (Lipinski definition) is 0. The van der Waals surface area contributed by atoms with Gasteiger partial charge in [0.1, 0.15) is 19.0 Å². The summed E-state index contributed by atoms with van der Waals surface area (Å²) in [6, 6.07) is 12.3. The van der Waals surface area contributed by atoms with E-state index in [9.17, 15) is 13.2 Å². The fraction of sp³-hybridized carbons (Fsp3) is 0.235. The molecule has 26 heavy (non-hydrogen) atoms. The van der Waals surface area contributed by atoms with Crippen molar-refractivity contribution in [1.82, 2.24) is 4.47 Å². The van der Waals surface area contributed by atoms with Gasteiger partial charge in [-0.1, -0.05) is 28.2 Å². The highest BCUT2D eigenvalue weighted by molar-refractivity contribution is 7.89. The van der Waals surface area contributed by atoms with Gasteiger partial charge in [0.15, 0.2) is 0 Å². The standard InChI is InChI=1S/C17H18ClNO6S/c1-19(23-2)26(21,22)16-8-3-5-13(11-16)17(20)25-10-9-24-15-7-4-6-14(18)12-15/h3-8,11-12H,9-10H2,1-2H3. The number of rotatable bonds is 8. The van der Waals surface area contributed by atoms with Crippen molar-refractivity contribution in [3.8, 4) is 5.75 Å². The molecule has 9 heteroatoms. The second-order valence-electron chi connectivity index (χ2n) is 5.07. The van der Waals surface area contributed by atoms with E-state index in [-0.39, 0.29) is 23.7 Å². The van der Waals surface area contributed by atoms with Crippen LogP contribution in [0.3, 0.4) is 0 Å². The third-order valence-electron chi connectivity index (χ3n) is 3.34. The molecule has 0 saturated carbocycles. The van der Waals surface area contributed by atoms with Crippen LogP contribution in [0.15, 0.2) is 53.4 Å². The van der Waals surface area contributed by atoms with Gasteiger partial charge in [0.2, 0.25) is 0 Å². The van der Waals surface area contributed by atoms with E-state index < -0.39 is 16.0 Å². The van der Waals surface area contributed by atoms with Gasteiger partial charge in [0.05, 0.1) is 17.6 Å². The smallest absolute Gasteiger partial charge is 0.338 e. The molecule has 0 radical (unpaired) electrons. The Bertz CT molecular complexity index is 871. The number of hydrogen-bond acceptors (Lipinski definition) is 6. The minimum absolute atomic E-state index is 0.000296. The lowest BCUT2D eigenvalue weighted by Gasteiger charge is -2.14. The molecule has 0 aliphatic heterocycles. The van der Waals surface area contributed by atoms with Gasteiger partial charge >= 0.3 is 5.97 Å². The number of esters is 1. The molecule has 0 aliphatic carbocycles. The molecule has 0 atom stereocenters. The van der Waals surface area contributed by atoms with Crippen LogP contribution in [0.5, 0.6) is 5.75 Å². The Morgan fingerprint density at radius 1 is 1.12 bits per heavy atom. The van der Waals surface area contributed by atoms with E-state index in [1.807, 2.05) is 0 Å². The van der Waals surface area contributed by atoms with Gasteiger partial charge in [-0.15, -0.1) is 0 Å². The van der Waals surface area contributed by atoms with Crippen LogP contribution in [-0.4, -0.2) is 46.2 Å². The number of carbonyl (C=O) groups is 1. The number of sulfonamides is 1. The van der Waals surface area contributed by atoms with Crippen molar-refractivity contribution in [2.24, 2.45) is 0 Å². The molecule has 2 rings (SSSR count). The van der Waals surface area contributed by atoms with Gasteiger partial charge in [-0.2, -0.15) is 0 Å². The summed E-state index contributed by atoms with van der Waals surface area (Å²) in [4.78, 5) is 16.7. The van der Waals surface area contributed by atoms with Crippen molar-refractivity contribution in [3.63, 3.8) is 0 Å². The second-order valence-corrected chi connectivity index (χ2v) is 7.44. The zero-order valence-corrected chi connectivity index (χ0v) is 15.8. The van der Waals surface area contributed by atoms with Crippen LogP contribution in [0.2, 0.25) is 5.02 Å². The van der Waals surface area contributed by atoms with Crippen molar-refractivity contribution >= 4 is 27.6 Å². The summed E-state index contributed by atoms with van der Waals surface area (Å²) >= 11 is 5.85. The fourth-order valence-corrected chi connectivity index (χ4v) is 3.16. The number of ether oxygens (including phenoxy) is 2. The summed E-state index contributed by atoms with van der Waals surface area (Å²) in [5.41, 5.74) is 0.110. The Kier molecular flexibility index (Phi) is 6.98. The van der Waals surface area contributed by atoms with Gasteiger partial charge < -0.3 is 9.47 Å². The summed E-state index contributed by atoms with van der Waals surface area (Å²) < 4.78 is 35.6. The molecule has 0 fully saturated rings. The predicted octanol–water partition coefficient (Wildman–Crippen LogP) is 2.76. The van der Waals surface area contributed by atoms with Crippen molar-refractivity contribution in [2.75, 3.05) is 27.4 Å². The summed E-state index contributed by atoms with van der Waals surface area (Å²) in [6.07, 6.45) is 0. The maximum atomic E-state index is 12.2. The normalized spacial score (nSPS) is 11.4. The molecule has 2 aromatic carbocycles. The van der Waals surface area contributed by atoms with E-state index in [0.717, 1.165) is 0 Å². The molecule has 0 aliphatic rings. The van der Waals surface area contributed by atoms with Gasteiger partial charge in [0.25, 0.3) is 10.0 Å². The molecule has 0 N–H and O–H groups in total. The lowest BCUT2D eigenvalue weighted by atomic mass is 10.2. The molecule has 0 heterocycles. The molecule has 0 spiro atoms. The SMILES string of the molecule is CON(C)S(=O)(=O)c1cccc(C(=O)OCCOc2cccc(Cl)c2)c1. The molecular formula is C17H18ClNO6S. The largest absolute Gasteiger partial charge is 0.490 e. The molecule has 2 aromatic rings. The quantitative estimate of drug-likeness (QED) is 0.385. The third kappa shape index (κ3) is 5.18. The van der Waals surface area contributed by atoms with Crippen LogP contribution in [0.4, 0.5) is 0 Å². The van der Waals surface area contributed by atoms with Crippen LogP contribution in [-0.2, 0) is 19.6 Å². The van der Waals surface area contributed by atoms with Crippen LogP contribution in [0.1, 0.15) is 10.4 Å². The van der Waals surface area contributed by atoms with E-state index >= 15 is 0 Å². The average Bonchev–Trinajstić information content (AvgIpc) is 2.64. The van der Waals surface area contributed by atoms with E-state index in [1.165, 1.54) is 38.4 Å². The highest BCUT2D eigenvalue weighted by Gasteiger charge is 2.22. The molecule has 7 nitrogen and oxygen atoms in total. The van der Waals surface area contributed by atoms with Crippen molar-refractivity contribution in [2.45, 2.75) is 4.90 Å². The molecular weight excluding hydrogens is 382 g/mol. The molecule has 0 amide bonds. The van der Waals surface area contributed by atoms with Crippen LogP contribution >= 0.6 is 11.6 Å². The zero-order chi connectivity index (χ0) is 19.2. The number of hydroxylamine groups is 1. The number of benzene rings is 2. The van der Waals surface area contributed by atoms with Gasteiger partial charge in [-0.05, 0) is 36.4 Å². The van der Waals surface area contributed by atoms with Gasteiger partial charge in [0, 0.05) is 12.1 Å². The van der Waals surface area contributed by atoms with Crippen LogP contribution in [0, 0.1) is 0 Å². The number of carbonyl (C=O) groups excluding carboxylic acids is 1. The first-order valence-corrected chi connectivity index (χ1v) is 9.35. The van der Waals surface area contributed by atoms with Gasteiger partial charge in [-0.3, -0.25) is 4.84 Å². The summed E-state index contributed by atoms with van der Waals surface area (Å²) in [6.45, 7) is 0.136. The molecule has 0 aromatic heterocycles. The lowest BCUT2D eigenvalue weighted by Crippen LogP contribution is -2.26. The zero-order valence-electron chi connectivity index (χ0n) is 14.2.